The number of hydrogen-bond acceptors (Lipinski definition) is 2. The molecular formula is C8H17NO2. The van der Waals surface area contributed by atoms with Crippen molar-refractivity contribution < 1.29 is 9.53 Å². The van der Waals surface area contributed by atoms with Crippen molar-refractivity contribution in [3.8, 4) is 0 Å². The standard InChI is InChI=1S/C8H17NO2/c1-4-8(10)9(3)6-7-11-5-2/h4-7H2,1-3H3. The molecule has 0 rings (SSSR count). The van der Waals surface area contributed by atoms with Crippen LogP contribution >= 0.6 is 0 Å². The Morgan fingerprint density at radius 2 is 2.09 bits per heavy atom. The molecule has 0 radical (unpaired) electrons. The SMILES string of the molecule is CCOCCN(C)C(=O)CC. The van der Waals surface area contributed by atoms with Gasteiger partial charge in [0.15, 0.2) is 0 Å². The fraction of sp³-hybridized carbons (Fsp3) is 0.875. The summed E-state index contributed by atoms with van der Waals surface area (Å²) in [6.45, 7) is 5.86. The molecule has 1 amide bonds. The summed E-state index contributed by atoms with van der Waals surface area (Å²) in [5.74, 6) is 0.171. The number of nitrogens with zero attached hydrogens (tertiary/aromatic N) is 1. The topological polar surface area (TPSA) is 29.5 Å². The molecule has 3 nitrogen and oxygen atoms in total. The lowest BCUT2D eigenvalue weighted by Crippen LogP contribution is -2.29. The Labute approximate surface area is 68.3 Å². The number of carbonyl (C=O) groups is 1. The van der Waals surface area contributed by atoms with Gasteiger partial charge in [-0.25, -0.2) is 0 Å². The third-order valence-electron chi connectivity index (χ3n) is 1.50. The minimum atomic E-state index is 0.171. The molecule has 0 bridgehead atoms. The second-order valence-corrected chi connectivity index (χ2v) is 2.37. The molecule has 0 atom stereocenters. The Kier molecular flexibility index (Phi) is 5.84. The fourth-order valence-corrected chi connectivity index (χ4v) is 0.740. The van der Waals surface area contributed by atoms with E-state index in [1.54, 1.807) is 11.9 Å². The van der Waals surface area contributed by atoms with Crippen LogP contribution in [-0.2, 0) is 9.53 Å². The minimum Gasteiger partial charge on any atom is -0.380 e. The number of amides is 1. The summed E-state index contributed by atoms with van der Waals surface area (Å²) in [6.07, 6.45) is 0.572. The van der Waals surface area contributed by atoms with Gasteiger partial charge in [0.25, 0.3) is 0 Å². The number of ether oxygens (including phenoxy) is 1. The smallest absolute Gasteiger partial charge is 0.222 e. The molecular weight excluding hydrogens is 142 g/mol. The molecule has 0 aromatic rings. The largest absolute Gasteiger partial charge is 0.380 e. The van der Waals surface area contributed by atoms with Crippen LogP contribution in [0.4, 0.5) is 0 Å². The van der Waals surface area contributed by atoms with E-state index in [-0.39, 0.29) is 5.91 Å². The maximum atomic E-state index is 11.0. The molecule has 0 aromatic carbocycles. The highest BCUT2D eigenvalue weighted by atomic mass is 16.5. The van der Waals surface area contributed by atoms with Crippen LogP contribution in [-0.4, -0.2) is 37.6 Å². The highest BCUT2D eigenvalue weighted by Crippen LogP contribution is 1.88. The van der Waals surface area contributed by atoms with Crippen molar-refractivity contribution in [2.75, 3.05) is 26.8 Å². The van der Waals surface area contributed by atoms with Gasteiger partial charge in [-0.15, -0.1) is 0 Å². The van der Waals surface area contributed by atoms with E-state index in [4.69, 9.17) is 4.74 Å². The molecule has 0 aliphatic rings. The van der Waals surface area contributed by atoms with Crippen LogP contribution in [0, 0.1) is 0 Å². The van der Waals surface area contributed by atoms with Crippen molar-refractivity contribution in [1.29, 1.82) is 0 Å². The van der Waals surface area contributed by atoms with Crippen molar-refractivity contribution in [2.45, 2.75) is 20.3 Å². The van der Waals surface area contributed by atoms with Crippen molar-refractivity contribution >= 4 is 5.91 Å². The van der Waals surface area contributed by atoms with Gasteiger partial charge in [-0.1, -0.05) is 6.92 Å². The van der Waals surface area contributed by atoms with Crippen molar-refractivity contribution in [1.82, 2.24) is 4.90 Å². The van der Waals surface area contributed by atoms with Gasteiger partial charge >= 0.3 is 0 Å². The van der Waals surface area contributed by atoms with Gasteiger partial charge in [0.2, 0.25) is 5.91 Å². The molecule has 0 N–H and O–H groups in total. The maximum absolute atomic E-state index is 11.0. The molecule has 0 spiro atoms. The summed E-state index contributed by atoms with van der Waals surface area (Å²) < 4.78 is 5.10. The monoisotopic (exact) mass is 159 g/mol. The maximum Gasteiger partial charge on any atom is 0.222 e. The van der Waals surface area contributed by atoms with E-state index in [1.807, 2.05) is 13.8 Å². The summed E-state index contributed by atoms with van der Waals surface area (Å²) in [4.78, 5) is 12.7. The average molecular weight is 159 g/mol. The Hall–Kier alpha value is -0.570. The first-order chi connectivity index (χ1) is 5.22. The van der Waals surface area contributed by atoms with Gasteiger partial charge in [0.1, 0.15) is 0 Å². The highest BCUT2D eigenvalue weighted by Gasteiger charge is 2.03. The highest BCUT2D eigenvalue weighted by molar-refractivity contribution is 5.75. The van der Waals surface area contributed by atoms with E-state index in [0.717, 1.165) is 0 Å². The molecule has 0 aliphatic carbocycles. The number of likely N-dealkylation sites (N-methyl/N-ethyl adjacent to an activating group) is 1. The zero-order valence-electron chi connectivity index (χ0n) is 7.59. The second kappa shape index (κ2) is 6.16. The van der Waals surface area contributed by atoms with E-state index < -0.39 is 0 Å². The molecule has 0 saturated carbocycles. The predicted octanol–water partition coefficient (Wildman–Crippen LogP) is 0.891. The molecule has 0 fully saturated rings. The third kappa shape index (κ3) is 4.79. The Morgan fingerprint density at radius 3 is 2.55 bits per heavy atom. The molecule has 0 heterocycles. The first-order valence-corrected chi connectivity index (χ1v) is 4.04. The van der Waals surface area contributed by atoms with Gasteiger partial charge in [-0.2, -0.15) is 0 Å². The summed E-state index contributed by atoms with van der Waals surface area (Å²) in [7, 11) is 1.80. The van der Waals surface area contributed by atoms with Gasteiger partial charge in [-0.3, -0.25) is 4.79 Å². The first kappa shape index (κ1) is 10.4. The molecule has 0 aromatic heterocycles. The van der Waals surface area contributed by atoms with E-state index >= 15 is 0 Å². The van der Waals surface area contributed by atoms with Crippen LogP contribution in [0.25, 0.3) is 0 Å². The lowest BCUT2D eigenvalue weighted by Gasteiger charge is -2.15. The summed E-state index contributed by atoms with van der Waals surface area (Å²) in [5.41, 5.74) is 0. The van der Waals surface area contributed by atoms with Crippen LogP contribution in [0.3, 0.4) is 0 Å². The van der Waals surface area contributed by atoms with E-state index in [2.05, 4.69) is 0 Å². The Balaban J connectivity index is 3.36. The fourth-order valence-electron chi connectivity index (χ4n) is 0.740. The minimum absolute atomic E-state index is 0.171. The van der Waals surface area contributed by atoms with E-state index in [0.29, 0.717) is 26.2 Å². The van der Waals surface area contributed by atoms with Gasteiger partial charge in [0, 0.05) is 26.6 Å². The predicted molar refractivity (Wildman–Crippen MR) is 44.4 cm³/mol. The van der Waals surface area contributed by atoms with Gasteiger partial charge in [-0.05, 0) is 6.92 Å². The lowest BCUT2D eigenvalue weighted by atomic mass is 10.4. The molecule has 0 aliphatic heterocycles. The van der Waals surface area contributed by atoms with Crippen LogP contribution in [0.2, 0.25) is 0 Å². The van der Waals surface area contributed by atoms with Crippen LogP contribution in [0.5, 0.6) is 0 Å². The van der Waals surface area contributed by atoms with Crippen molar-refractivity contribution in [2.24, 2.45) is 0 Å². The van der Waals surface area contributed by atoms with E-state index in [9.17, 15) is 4.79 Å². The summed E-state index contributed by atoms with van der Waals surface area (Å²) in [5, 5.41) is 0. The molecule has 0 unspecified atom stereocenters. The van der Waals surface area contributed by atoms with Gasteiger partial charge in [0.05, 0.1) is 6.61 Å². The third-order valence-corrected chi connectivity index (χ3v) is 1.50. The molecule has 0 saturated heterocycles. The number of rotatable bonds is 5. The van der Waals surface area contributed by atoms with Crippen LogP contribution in [0.1, 0.15) is 20.3 Å². The number of carbonyl (C=O) groups excluding carboxylic acids is 1. The zero-order chi connectivity index (χ0) is 8.69. The van der Waals surface area contributed by atoms with Gasteiger partial charge < -0.3 is 9.64 Å². The van der Waals surface area contributed by atoms with E-state index in [1.165, 1.54) is 0 Å². The molecule has 11 heavy (non-hydrogen) atoms. The van der Waals surface area contributed by atoms with Crippen LogP contribution < -0.4 is 0 Å². The number of hydrogen-bond donors (Lipinski definition) is 0. The quantitative estimate of drug-likeness (QED) is 0.557. The molecule has 66 valence electrons. The Morgan fingerprint density at radius 1 is 1.45 bits per heavy atom. The summed E-state index contributed by atoms with van der Waals surface area (Å²) in [6, 6.07) is 0. The molecule has 3 heteroatoms. The Bertz CT molecular complexity index is 115. The van der Waals surface area contributed by atoms with Crippen LogP contribution in [0.15, 0.2) is 0 Å². The van der Waals surface area contributed by atoms with Crippen molar-refractivity contribution in [3.63, 3.8) is 0 Å². The summed E-state index contributed by atoms with van der Waals surface area (Å²) >= 11 is 0. The van der Waals surface area contributed by atoms with Crippen molar-refractivity contribution in [3.05, 3.63) is 0 Å². The normalized spacial score (nSPS) is 9.73. The lowest BCUT2D eigenvalue weighted by molar-refractivity contribution is -0.130. The average Bonchev–Trinajstić information content (AvgIpc) is 2.03. The zero-order valence-corrected chi connectivity index (χ0v) is 7.59. The second-order valence-electron chi connectivity index (χ2n) is 2.37. The first-order valence-electron chi connectivity index (χ1n) is 4.04.